The number of amides is 1. The van der Waals surface area contributed by atoms with Gasteiger partial charge < -0.3 is 5.32 Å². The van der Waals surface area contributed by atoms with Crippen LogP contribution >= 0.6 is 24.0 Å². The lowest BCUT2D eigenvalue weighted by Crippen LogP contribution is -2.43. The van der Waals surface area contributed by atoms with Gasteiger partial charge in [-0.2, -0.15) is 0 Å². The van der Waals surface area contributed by atoms with Gasteiger partial charge in [0.05, 0.1) is 4.88 Å². The summed E-state index contributed by atoms with van der Waals surface area (Å²) in [5.41, 5.74) is 0. The molecule has 14 heavy (non-hydrogen) atoms. The highest BCUT2D eigenvalue weighted by molar-refractivity contribution is 7.80. The van der Waals surface area contributed by atoms with Gasteiger partial charge in [-0.05, 0) is 24.8 Å². The Morgan fingerprint density at radius 2 is 2.36 bits per heavy atom. The van der Waals surface area contributed by atoms with E-state index in [9.17, 15) is 4.79 Å². The Morgan fingerprint density at radius 1 is 1.64 bits per heavy atom. The zero-order chi connectivity index (χ0) is 10.1. The highest BCUT2D eigenvalue weighted by atomic mass is 32.1. The summed E-state index contributed by atoms with van der Waals surface area (Å²) >= 11 is 5.62. The van der Waals surface area contributed by atoms with E-state index in [2.05, 4.69) is 24.9 Å². The first-order valence-electron chi connectivity index (χ1n) is 4.73. The molecule has 76 valence electrons. The van der Waals surface area contributed by atoms with Crippen LogP contribution in [0.25, 0.3) is 0 Å². The third-order valence-electron chi connectivity index (χ3n) is 2.52. The first kappa shape index (κ1) is 10.1. The van der Waals surface area contributed by atoms with E-state index in [0.29, 0.717) is 6.04 Å². The fourth-order valence-electron chi connectivity index (χ4n) is 1.72. The zero-order valence-corrected chi connectivity index (χ0v) is 9.70. The summed E-state index contributed by atoms with van der Waals surface area (Å²) in [5.74, 6) is 0.816. The van der Waals surface area contributed by atoms with E-state index < -0.39 is 0 Å². The standard InChI is InChI=1S/C10H13NOS2/c1-6-2-7(3-6)11-10(12)9-4-8(13)5-14-9/h4-7,13H,2-3H2,1H3,(H,11,12). The van der Waals surface area contributed by atoms with Gasteiger partial charge >= 0.3 is 0 Å². The second-order valence-electron chi connectivity index (χ2n) is 3.92. The number of hydrogen-bond acceptors (Lipinski definition) is 3. The Kier molecular flexibility index (Phi) is 2.83. The summed E-state index contributed by atoms with van der Waals surface area (Å²) in [7, 11) is 0. The zero-order valence-electron chi connectivity index (χ0n) is 7.99. The molecule has 1 fully saturated rings. The van der Waals surface area contributed by atoms with Crippen LogP contribution in [0.1, 0.15) is 29.4 Å². The van der Waals surface area contributed by atoms with Crippen molar-refractivity contribution in [1.82, 2.24) is 5.32 Å². The smallest absolute Gasteiger partial charge is 0.261 e. The van der Waals surface area contributed by atoms with Crippen molar-refractivity contribution < 1.29 is 4.79 Å². The third-order valence-corrected chi connectivity index (χ3v) is 3.88. The van der Waals surface area contributed by atoms with E-state index in [4.69, 9.17) is 0 Å². The lowest BCUT2D eigenvalue weighted by Gasteiger charge is -2.33. The van der Waals surface area contributed by atoms with E-state index in [0.717, 1.165) is 28.5 Å². The van der Waals surface area contributed by atoms with Gasteiger partial charge in [0.1, 0.15) is 0 Å². The van der Waals surface area contributed by atoms with Crippen molar-refractivity contribution in [3.05, 3.63) is 16.3 Å². The minimum atomic E-state index is 0.0483. The quantitative estimate of drug-likeness (QED) is 0.747. The van der Waals surface area contributed by atoms with Crippen LogP contribution in [-0.2, 0) is 0 Å². The van der Waals surface area contributed by atoms with Gasteiger partial charge in [0.2, 0.25) is 0 Å². The van der Waals surface area contributed by atoms with Crippen LogP contribution in [0.3, 0.4) is 0 Å². The number of carbonyl (C=O) groups is 1. The summed E-state index contributed by atoms with van der Waals surface area (Å²) in [6.45, 7) is 2.21. The Hall–Kier alpha value is -0.480. The average molecular weight is 227 g/mol. The molecule has 0 unspecified atom stereocenters. The maximum atomic E-state index is 11.6. The summed E-state index contributed by atoms with van der Waals surface area (Å²) in [6, 6.07) is 2.20. The Bertz CT molecular complexity index is 342. The molecule has 0 saturated heterocycles. The number of thiophene rings is 1. The number of carbonyl (C=O) groups excluding carboxylic acids is 1. The van der Waals surface area contributed by atoms with E-state index in [1.54, 1.807) is 0 Å². The number of rotatable bonds is 2. The lowest BCUT2D eigenvalue weighted by molar-refractivity contribution is 0.0900. The van der Waals surface area contributed by atoms with Gasteiger partial charge in [0, 0.05) is 16.3 Å². The predicted octanol–water partition coefficient (Wildman–Crippen LogP) is 2.57. The molecule has 1 N–H and O–H groups in total. The number of nitrogens with one attached hydrogen (secondary N) is 1. The largest absolute Gasteiger partial charge is 0.349 e. The maximum absolute atomic E-state index is 11.6. The van der Waals surface area contributed by atoms with E-state index in [-0.39, 0.29) is 5.91 Å². The van der Waals surface area contributed by atoms with Gasteiger partial charge in [-0.25, -0.2) is 0 Å². The molecule has 1 amide bonds. The van der Waals surface area contributed by atoms with Crippen LogP contribution in [0.2, 0.25) is 0 Å². The van der Waals surface area contributed by atoms with Crippen molar-refractivity contribution in [2.45, 2.75) is 30.7 Å². The van der Waals surface area contributed by atoms with Crippen LogP contribution in [0, 0.1) is 5.92 Å². The first-order valence-corrected chi connectivity index (χ1v) is 6.06. The molecule has 1 aliphatic rings. The summed E-state index contributed by atoms with van der Waals surface area (Å²) in [5, 5.41) is 4.89. The fraction of sp³-hybridized carbons (Fsp3) is 0.500. The van der Waals surface area contributed by atoms with E-state index in [1.807, 2.05) is 11.4 Å². The molecule has 1 aromatic heterocycles. The van der Waals surface area contributed by atoms with E-state index in [1.165, 1.54) is 11.3 Å². The van der Waals surface area contributed by atoms with Gasteiger partial charge in [-0.3, -0.25) is 4.79 Å². The van der Waals surface area contributed by atoms with Crippen molar-refractivity contribution in [1.29, 1.82) is 0 Å². The molecule has 0 bridgehead atoms. The van der Waals surface area contributed by atoms with Crippen molar-refractivity contribution in [3.8, 4) is 0 Å². The molecule has 0 spiro atoms. The molecule has 0 aliphatic heterocycles. The molecule has 1 saturated carbocycles. The highest BCUT2D eigenvalue weighted by Gasteiger charge is 2.27. The van der Waals surface area contributed by atoms with Gasteiger partial charge in [-0.15, -0.1) is 24.0 Å². The minimum absolute atomic E-state index is 0.0483. The predicted molar refractivity (Wildman–Crippen MR) is 61.2 cm³/mol. The molecule has 4 heteroatoms. The molecule has 2 rings (SSSR count). The molecule has 1 aliphatic carbocycles. The fourth-order valence-corrected chi connectivity index (χ4v) is 2.77. The molecule has 2 nitrogen and oxygen atoms in total. The van der Waals surface area contributed by atoms with Crippen molar-refractivity contribution in [2.24, 2.45) is 5.92 Å². The summed E-state index contributed by atoms with van der Waals surface area (Å²) in [6.07, 6.45) is 2.23. The van der Waals surface area contributed by atoms with Gasteiger partial charge in [-0.1, -0.05) is 6.92 Å². The first-order chi connectivity index (χ1) is 6.65. The normalized spacial score (nSPS) is 25.6. The average Bonchev–Trinajstić information content (AvgIpc) is 2.49. The molecular formula is C10H13NOS2. The summed E-state index contributed by atoms with van der Waals surface area (Å²) < 4.78 is 0. The van der Waals surface area contributed by atoms with Crippen molar-refractivity contribution >= 4 is 29.9 Å². The second-order valence-corrected chi connectivity index (χ2v) is 5.34. The Morgan fingerprint density at radius 3 is 2.86 bits per heavy atom. The van der Waals surface area contributed by atoms with Crippen LogP contribution in [-0.4, -0.2) is 11.9 Å². The topological polar surface area (TPSA) is 29.1 Å². The number of hydrogen-bond donors (Lipinski definition) is 2. The lowest BCUT2D eigenvalue weighted by atomic mass is 9.82. The Balaban J connectivity index is 1.90. The monoisotopic (exact) mass is 227 g/mol. The second kappa shape index (κ2) is 3.95. The summed E-state index contributed by atoms with van der Waals surface area (Å²) in [4.78, 5) is 13.3. The van der Waals surface area contributed by atoms with Crippen LogP contribution in [0.15, 0.2) is 16.3 Å². The number of thiol groups is 1. The van der Waals surface area contributed by atoms with Gasteiger partial charge in [0.15, 0.2) is 0 Å². The van der Waals surface area contributed by atoms with Crippen molar-refractivity contribution in [3.63, 3.8) is 0 Å². The Labute approximate surface area is 93.1 Å². The molecule has 0 atom stereocenters. The van der Waals surface area contributed by atoms with Gasteiger partial charge in [0.25, 0.3) is 5.91 Å². The van der Waals surface area contributed by atoms with E-state index >= 15 is 0 Å². The SMILES string of the molecule is CC1CC(NC(=O)c2cc(S)cs2)C1. The van der Waals surface area contributed by atoms with Crippen molar-refractivity contribution in [2.75, 3.05) is 0 Å². The molecule has 1 aromatic rings. The molecule has 1 heterocycles. The minimum Gasteiger partial charge on any atom is -0.349 e. The molecule has 0 radical (unpaired) electrons. The molecule has 0 aromatic carbocycles. The van der Waals surface area contributed by atoms with Crippen LogP contribution < -0.4 is 5.32 Å². The third kappa shape index (κ3) is 2.12. The van der Waals surface area contributed by atoms with Crippen LogP contribution in [0.4, 0.5) is 0 Å². The highest BCUT2D eigenvalue weighted by Crippen LogP contribution is 2.27. The molecular weight excluding hydrogens is 214 g/mol. The van der Waals surface area contributed by atoms with Crippen LogP contribution in [0.5, 0.6) is 0 Å². The maximum Gasteiger partial charge on any atom is 0.261 e.